The summed E-state index contributed by atoms with van der Waals surface area (Å²) in [4.78, 5) is 10.9. The average Bonchev–Trinajstić information content (AvgIpc) is 2.21. The van der Waals surface area contributed by atoms with Crippen molar-refractivity contribution >= 4 is 5.97 Å². The Balaban J connectivity index is 3.78. The summed E-state index contributed by atoms with van der Waals surface area (Å²) < 4.78 is 0. The molecule has 90 valence electrons. The summed E-state index contributed by atoms with van der Waals surface area (Å²) in [5.74, 6) is -1.13. The van der Waals surface area contributed by atoms with E-state index in [2.05, 4.69) is 6.92 Å². The van der Waals surface area contributed by atoms with Gasteiger partial charge in [-0.2, -0.15) is 0 Å². The van der Waals surface area contributed by atoms with E-state index in [1.54, 1.807) is 0 Å². The molecule has 0 rings (SSSR count). The van der Waals surface area contributed by atoms with Crippen LogP contribution in [0.15, 0.2) is 0 Å². The van der Waals surface area contributed by atoms with Crippen LogP contribution in [-0.2, 0) is 4.79 Å². The maximum atomic E-state index is 10.9. The van der Waals surface area contributed by atoms with Gasteiger partial charge in [-0.3, -0.25) is 4.79 Å². The summed E-state index contributed by atoms with van der Waals surface area (Å²) >= 11 is 0. The van der Waals surface area contributed by atoms with E-state index < -0.39 is 12.1 Å². The largest absolute Gasteiger partial charge is 0.481 e. The predicted octanol–water partition coefficient (Wildman–Crippen LogP) is 2.82. The average molecular weight is 216 g/mol. The van der Waals surface area contributed by atoms with Crippen molar-refractivity contribution in [2.75, 3.05) is 0 Å². The van der Waals surface area contributed by atoms with Crippen LogP contribution in [0.25, 0.3) is 0 Å². The lowest BCUT2D eigenvalue weighted by Crippen LogP contribution is -2.20. The number of carbonyl (C=O) groups is 1. The first kappa shape index (κ1) is 14.4. The van der Waals surface area contributed by atoms with Crippen LogP contribution >= 0.6 is 0 Å². The number of aliphatic hydroxyl groups is 1. The van der Waals surface area contributed by atoms with Crippen LogP contribution in [-0.4, -0.2) is 22.3 Å². The highest BCUT2D eigenvalue weighted by atomic mass is 16.4. The molecule has 2 atom stereocenters. The van der Waals surface area contributed by atoms with Gasteiger partial charge in [0.15, 0.2) is 0 Å². The van der Waals surface area contributed by atoms with Crippen molar-refractivity contribution in [3.05, 3.63) is 0 Å². The molecule has 0 spiro atoms. The van der Waals surface area contributed by atoms with Crippen LogP contribution in [0, 0.1) is 5.92 Å². The zero-order valence-electron chi connectivity index (χ0n) is 9.91. The zero-order chi connectivity index (χ0) is 11.7. The fourth-order valence-electron chi connectivity index (χ4n) is 1.65. The lowest BCUT2D eigenvalue weighted by atomic mass is 9.94. The second kappa shape index (κ2) is 8.72. The van der Waals surface area contributed by atoms with E-state index in [0.717, 1.165) is 19.3 Å². The minimum Gasteiger partial charge on any atom is -0.481 e. The van der Waals surface area contributed by atoms with Crippen molar-refractivity contribution in [2.24, 2.45) is 5.92 Å². The van der Waals surface area contributed by atoms with E-state index in [1.165, 1.54) is 6.42 Å². The molecule has 0 saturated heterocycles. The molecule has 0 bridgehead atoms. The van der Waals surface area contributed by atoms with Crippen molar-refractivity contribution in [1.82, 2.24) is 0 Å². The molecule has 0 fully saturated rings. The topological polar surface area (TPSA) is 57.5 Å². The molecule has 0 amide bonds. The molecule has 0 aliphatic rings. The van der Waals surface area contributed by atoms with Crippen LogP contribution in [0.3, 0.4) is 0 Å². The summed E-state index contributed by atoms with van der Waals surface area (Å²) in [5, 5.41) is 18.4. The molecule has 0 aliphatic carbocycles. The summed E-state index contributed by atoms with van der Waals surface area (Å²) in [6.45, 7) is 4.01. The first-order chi connectivity index (χ1) is 7.11. The van der Waals surface area contributed by atoms with Gasteiger partial charge < -0.3 is 10.2 Å². The number of carboxylic acids is 1. The number of unbranched alkanes of at least 4 members (excludes halogenated alkanes) is 3. The lowest BCUT2D eigenvalue weighted by Gasteiger charge is -2.15. The molecule has 2 N–H and O–H groups in total. The highest BCUT2D eigenvalue weighted by molar-refractivity contribution is 5.69. The SMILES string of the molecule is CCCCCCC(CC(O)CC)C(=O)O. The molecule has 2 unspecified atom stereocenters. The predicted molar refractivity (Wildman–Crippen MR) is 60.8 cm³/mol. The highest BCUT2D eigenvalue weighted by Gasteiger charge is 2.19. The minimum atomic E-state index is -0.765. The van der Waals surface area contributed by atoms with Crippen LogP contribution in [0.4, 0.5) is 0 Å². The zero-order valence-corrected chi connectivity index (χ0v) is 9.91. The van der Waals surface area contributed by atoms with Gasteiger partial charge >= 0.3 is 5.97 Å². The van der Waals surface area contributed by atoms with Crippen molar-refractivity contribution < 1.29 is 15.0 Å². The van der Waals surface area contributed by atoms with Gasteiger partial charge in [-0.05, 0) is 19.3 Å². The van der Waals surface area contributed by atoms with Gasteiger partial charge in [0.1, 0.15) is 0 Å². The van der Waals surface area contributed by atoms with E-state index in [4.69, 9.17) is 5.11 Å². The Morgan fingerprint density at radius 3 is 2.33 bits per heavy atom. The Kier molecular flexibility index (Phi) is 8.38. The number of aliphatic carboxylic acids is 1. The standard InChI is InChI=1S/C12H24O3/c1-3-5-6-7-8-10(12(14)15)9-11(13)4-2/h10-11,13H,3-9H2,1-2H3,(H,14,15). The molecule has 0 saturated carbocycles. The smallest absolute Gasteiger partial charge is 0.306 e. The molecule has 15 heavy (non-hydrogen) atoms. The fourth-order valence-corrected chi connectivity index (χ4v) is 1.65. The summed E-state index contributed by atoms with van der Waals surface area (Å²) in [7, 11) is 0. The maximum absolute atomic E-state index is 10.9. The van der Waals surface area contributed by atoms with Crippen LogP contribution in [0.5, 0.6) is 0 Å². The first-order valence-corrected chi connectivity index (χ1v) is 6.02. The molecule has 3 nitrogen and oxygen atoms in total. The molecule has 0 aromatic heterocycles. The number of carboxylic acid groups (broad SMARTS) is 1. The summed E-state index contributed by atoms with van der Waals surface area (Å²) in [6, 6.07) is 0. The highest BCUT2D eigenvalue weighted by Crippen LogP contribution is 2.17. The minimum absolute atomic E-state index is 0.364. The number of hydrogen-bond donors (Lipinski definition) is 2. The molecular formula is C12H24O3. The van der Waals surface area contributed by atoms with Crippen molar-refractivity contribution in [2.45, 2.75) is 64.9 Å². The number of aliphatic hydroxyl groups excluding tert-OH is 1. The van der Waals surface area contributed by atoms with Crippen molar-refractivity contribution in [3.63, 3.8) is 0 Å². The quantitative estimate of drug-likeness (QED) is 0.583. The molecule has 0 aromatic rings. The summed E-state index contributed by atoms with van der Waals surface area (Å²) in [6.07, 6.45) is 5.67. The second-order valence-electron chi connectivity index (χ2n) is 4.18. The van der Waals surface area contributed by atoms with E-state index >= 15 is 0 Å². The number of rotatable bonds is 9. The van der Waals surface area contributed by atoms with E-state index in [9.17, 15) is 9.90 Å². The molecule has 0 radical (unpaired) electrons. The normalized spacial score (nSPS) is 14.9. The third kappa shape index (κ3) is 7.37. The Hall–Kier alpha value is -0.570. The van der Waals surface area contributed by atoms with Gasteiger partial charge in [0.25, 0.3) is 0 Å². The number of hydrogen-bond acceptors (Lipinski definition) is 2. The van der Waals surface area contributed by atoms with Gasteiger partial charge in [0.05, 0.1) is 12.0 Å². The molecular weight excluding hydrogens is 192 g/mol. The van der Waals surface area contributed by atoms with Crippen LogP contribution in [0.1, 0.15) is 58.8 Å². The monoisotopic (exact) mass is 216 g/mol. The van der Waals surface area contributed by atoms with E-state index in [-0.39, 0.29) is 5.92 Å². The molecule has 3 heteroatoms. The molecule has 0 aromatic carbocycles. The third-order valence-corrected chi connectivity index (χ3v) is 2.78. The van der Waals surface area contributed by atoms with E-state index in [1.807, 2.05) is 6.92 Å². The van der Waals surface area contributed by atoms with Crippen molar-refractivity contribution in [1.29, 1.82) is 0 Å². The Bertz CT molecular complexity index is 168. The van der Waals surface area contributed by atoms with Gasteiger partial charge in [-0.15, -0.1) is 0 Å². The lowest BCUT2D eigenvalue weighted by molar-refractivity contribution is -0.143. The summed E-state index contributed by atoms with van der Waals surface area (Å²) in [5.41, 5.74) is 0. The second-order valence-corrected chi connectivity index (χ2v) is 4.18. The van der Waals surface area contributed by atoms with Gasteiger partial charge in [0.2, 0.25) is 0 Å². The fraction of sp³-hybridized carbons (Fsp3) is 0.917. The molecule has 0 aliphatic heterocycles. The van der Waals surface area contributed by atoms with Gasteiger partial charge in [-0.1, -0.05) is 39.5 Å². The van der Waals surface area contributed by atoms with Crippen molar-refractivity contribution in [3.8, 4) is 0 Å². The maximum Gasteiger partial charge on any atom is 0.306 e. The third-order valence-electron chi connectivity index (χ3n) is 2.78. The van der Waals surface area contributed by atoms with Gasteiger partial charge in [-0.25, -0.2) is 0 Å². The Labute approximate surface area is 92.5 Å². The Morgan fingerprint density at radius 2 is 1.87 bits per heavy atom. The van der Waals surface area contributed by atoms with Crippen LogP contribution < -0.4 is 0 Å². The van der Waals surface area contributed by atoms with E-state index in [0.29, 0.717) is 19.3 Å². The van der Waals surface area contributed by atoms with Crippen LogP contribution in [0.2, 0.25) is 0 Å². The Morgan fingerprint density at radius 1 is 1.20 bits per heavy atom. The van der Waals surface area contributed by atoms with Gasteiger partial charge in [0, 0.05) is 0 Å². The first-order valence-electron chi connectivity index (χ1n) is 6.02. The molecule has 0 heterocycles.